The zero-order chi connectivity index (χ0) is 10.7. The summed E-state index contributed by atoms with van der Waals surface area (Å²) >= 11 is 4.75. The molecule has 0 aliphatic carbocycles. The van der Waals surface area contributed by atoms with Gasteiger partial charge in [0, 0.05) is 12.4 Å². The fraction of sp³-hybridized carbons (Fsp3) is 0.125. The van der Waals surface area contributed by atoms with Gasteiger partial charge in [0.2, 0.25) is 5.82 Å². The van der Waals surface area contributed by atoms with Crippen molar-refractivity contribution in [2.24, 2.45) is 5.73 Å². The molecule has 2 aromatic heterocycles. The van der Waals surface area contributed by atoms with Crippen molar-refractivity contribution >= 4 is 17.2 Å². The van der Waals surface area contributed by atoms with E-state index in [1.165, 1.54) is 0 Å². The van der Waals surface area contributed by atoms with Gasteiger partial charge in [0.1, 0.15) is 23.7 Å². The van der Waals surface area contributed by atoms with E-state index in [2.05, 4.69) is 20.1 Å². The Bertz CT molecular complexity index is 465. The molecule has 6 nitrogen and oxygen atoms in total. The van der Waals surface area contributed by atoms with Gasteiger partial charge in [-0.15, -0.1) is 5.10 Å². The molecule has 0 aliphatic rings. The van der Waals surface area contributed by atoms with Crippen LogP contribution in [0.3, 0.4) is 0 Å². The highest BCUT2D eigenvalue weighted by Gasteiger charge is 2.04. The van der Waals surface area contributed by atoms with Crippen LogP contribution in [0.2, 0.25) is 0 Å². The third-order valence-corrected chi connectivity index (χ3v) is 1.86. The molecule has 0 amide bonds. The van der Waals surface area contributed by atoms with Crippen LogP contribution < -0.4 is 5.73 Å². The summed E-state index contributed by atoms with van der Waals surface area (Å²) in [5.74, 6) is 1.03. The average Bonchev–Trinajstić information content (AvgIpc) is 2.68. The molecule has 0 saturated heterocycles. The molecule has 2 N–H and O–H groups in total. The molecule has 0 radical (unpaired) electrons. The monoisotopic (exact) mass is 220 g/mol. The predicted octanol–water partition coefficient (Wildman–Crippen LogP) is -0.249. The molecular formula is C8H8N6S. The zero-order valence-corrected chi connectivity index (χ0v) is 8.55. The predicted molar refractivity (Wildman–Crippen MR) is 57.0 cm³/mol. The number of nitrogens with two attached hydrogens (primary N) is 1. The molecular weight excluding hydrogens is 212 g/mol. The first-order valence-electron chi connectivity index (χ1n) is 4.21. The summed E-state index contributed by atoms with van der Waals surface area (Å²) in [6, 6.07) is 1.76. The maximum absolute atomic E-state index is 5.38. The minimum atomic E-state index is 0.183. The van der Waals surface area contributed by atoms with E-state index in [4.69, 9.17) is 18.0 Å². The van der Waals surface area contributed by atoms with Crippen LogP contribution in [0.25, 0.3) is 0 Å². The average molecular weight is 220 g/mol. The molecule has 2 aromatic rings. The number of nitrogens with zero attached hydrogens (tertiary/aromatic N) is 5. The number of hydrogen-bond acceptors (Lipinski definition) is 5. The second-order valence-corrected chi connectivity index (χ2v) is 3.23. The highest BCUT2D eigenvalue weighted by atomic mass is 32.1. The third-order valence-electron chi connectivity index (χ3n) is 1.68. The van der Waals surface area contributed by atoms with Gasteiger partial charge in [-0.25, -0.2) is 19.6 Å². The number of rotatable bonds is 3. The Kier molecular flexibility index (Phi) is 2.64. The van der Waals surface area contributed by atoms with E-state index in [-0.39, 0.29) is 4.99 Å². The minimum absolute atomic E-state index is 0.183. The van der Waals surface area contributed by atoms with Crippen LogP contribution in [-0.4, -0.2) is 29.7 Å². The van der Waals surface area contributed by atoms with Crippen molar-refractivity contribution in [3.05, 3.63) is 36.4 Å². The summed E-state index contributed by atoms with van der Waals surface area (Å²) in [5, 5.41) is 4.06. The van der Waals surface area contributed by atoms with Crippen molar-refractivity contribution in [1.82, 2.24) is 24.7 Å². The minimum Gasteiger partial charge on any atom is -0.387 e. The molecule has 0 aliphatic heterocycles. The molecule has 76 valence electrons. The summed E-state index contributed by atoms with van der Waals surface area (Å²) < 4.78 is 1.59. The maximum Gasteiger partial charge on any atom is 0.208 e. The van der Waals surface area contributed by atoms with E-state index in [1.807, 2.05) is 0 Å². The van der Waals surface area contributed by atoms with Crippen molar-refractivity contribution < 1.29 is 0 Å². The van der Waals surface area contributed by atoms with Gasteiger partial charge < -0.3 is 5.73 Å². The van der Waals surface area contributed by atoms with E-state index < -0.39 is 0 Å². The Morgan fingerprint density at radius 1 is 1.33 bits per heavy atom. The van der Waals surface area contributed by atoms with Crippen molar-refractivity contribution in [2.45, 2.75) is 6.54 Å². The van der Waals surface area contributed by atoms with E-state index in [9.17, 15) is 0 Å². The smallest absolute Gasteiger partial charge is 0.208 e. The van der Waals surface area contributed by atoms with Crippen molar-refractivity contribution in [3.63, 3.8) is 0 Å². The Hall–Kier alpha value is -1.89. The number of thiocarbonyl (C=S) groups is 1. The summed E-state index contributed by atoms with van der Waals surface area (Å²) in [5.41, 5.74) is 5.38. The van der Waals surface area contributed by atoms with Crippen LogP contribution in [0.1, 0.15) is 11.6 Å². The molecule has 0 fully saturated rings. The Morgan fingerprint density at radius 3 is 2.67 bits per heavy atom. The molecule has 0 bridgehead atoms. The fourth-order valence-corrected chi connectivity index (χ4v) is 1.13. The summed E-state index contributed by atoms with van der Waals surface area (Å²) in [7, 11) is 0. The number of aromatic nitrogens is 5. The molecule has 0 atom stereocenters. The highest BCUT2D eigenvalue weighted by molar-refractivity contribution is 7.80. The van der Waals surface area contributed by atoms with Gasteiger partial charge in [0.05, 0.1) is 0 Å². The zero-order valence-electron chi connectivity index (χ0n) is 7.74. The van der Waals surface area contributed by atoms with E-state index in [0.29, 0.717) is 18.2 Å². The van der Waals surface area contributed by atoms with Gasteiger partial charge in [-0.1, -0.05) is 12.2 Å². The standard InChI is InChI=1S/C8H8N6S/c9-7(15)8-12-5-14(13-8)4-6-10-2-1-3-11-6/h1-3,5H,4H2,(H2,9,15). The summed E-state index contributed by atoms with van der Waals surface area (Å²) in [6.45, 7) is 0.455. The van der Waals surface area contributed by atoms with Gasteiger partial charge in [0.15, 0.2) is 0 Å². The van der Waals surface area contributed by atoms with Crippen LogP contribution in [0.5, 0.6) is 0 Å². The van der Waals surface area contributed by atoms with Crippen molar-refractivity contribution in [2.75, 3.05) is 0 Å². The molecule has 2 heterocycles. The van der Waals surface area contributed by atoms with E-state index in [0.717, 1.165) is 0 Å². The van der Waals surface area contributed by atoms with Crippen molar-refractivity contribution in [3.8, 4) is 0 Å². The Balaban J connectivity index is 2.15. The third kappa shape index (κ3) is 2.32. The molecule has 0 spiro atoms. The first-order valence-corrected chi connectivity index (χ1v) is 4.61. The lowest BCUT2D eigenvalue weighted by atomic mass is 10.5. The van der Waals surface area contributed by atoms with Crippen LogP contribution in [-0.2, 0) is 6.54 Å². The molecule has 0 saturated carbocycles. The van der Waals surface area contributed by atoms with Crippen LogP contribution in [0, 0.1) is 0 Å². The summed E-state index contributed by atoms with van der Waals surface area (Å²) in [6.07, 6.45) is 4.90. The molecule has 0 unspecified atom stereocenters. The second kappa shape index (κ2) is 4.09. The lowest BCUT2D eigenvalue weighted by Gasteiger charge is -1.97. The van der Waals surface area contributed by atoms with E-state index in [1.54, 1.807) is 29.5 Å². The van der Waals surface area contributed by atoms with Crippen LogP contribution in [0.4, 0.5) is 0 Å². The topological polar surface area (TPSA) is 82.5 Å². The maximum atomic E-state index is 5.38. The second-order valence-electron chi connectivity index (χ2n) is 2.80. The SMILES string of the molecule is NC(=S)c1ncn(Cc2ncccn2)n1. The van der Waals surface area contributed by atoms with Gasteiger partial charge >= 0.3 is 0 Å². The van der Waals surface area contributed by atoms with Crippen LogP contribution >= 0.6 is 12.2 Å². The molecule has 15 heavy (non-hydrogen) atoms. The fourth-order valence-electron chi connectivity index (χ4n) is 1.04. The van der Waals surface area contributed by atoms with Gasteiger partial charge in [0.25, 0.3) is 0 Å². The van der Waals surface area contributed by atoms with Crippen LogP contribution in [0.15, 0.2) is 24.8 Å². The first kappa shape index (κ1) is 9.66. The Labute approximate surface area is 91.2 Å². The quantitative estimate of drug-likeness (QED) is 0.718. The van der Waals surface area contributed by atoms with Gasteiger partial charge in [-0.05, 0) is 6.07 Å². The van der Waals surface area contributed by atoms with E-state index >= 15 is 0 Å². The normalized spacial score (nSPS) is 10.1. The largest absolute Gasteiger partial charge is 0.387 e. The highest BCUT2D eigenvalue weighted by Crippen LogP contribution is 1.94. The molecule has 7 heteroatoms. The first-order chi connectivity index (χ1) is 7.25. The number of hydrogen-bond donors (Lipinski definition) is 1. The van der Waals surface area contributed by atoms with Gasteiger partial charge in [-0.2, -0.15) is 0 Å². The van der Waals surface area contributed by atoms with Gasteiger partial charge in [-0.3, -0.25) is 0 Å². The Morgan fingerprint density at radius 2 is 2.07 bits per heavy atom. The lowest BCUT2D eigenvalue weighted by molar-refractivity contribution is 0.652. The lowest BCUT2D eigenvalue weighted by Crippen LogP contribution is -2.12. The van der Waals surface area contributed by atoms with Crippen molar-refractivity contribution in [1.29, 1.82) is 0 Å². The molecule has 0 aromatic carbocycles. The molecule has 2 rings (SSSR count). The summed E-state index contributed by atoms with van der Waals surface area (Å²) in [4.78, 5) is 12.3.